The number of para-hydroxylation sites is 1. The van der Waals surface area contributed by atoms with Crippen molar-refractivity contribution in [2.24, 2.45) is 17.6 Å². The average molecular weight is 284 g/mol. The third-order valence-corrected chi connectivity index (χ3v) is 4.09. The van der Waals surface area contributed by atoms with Gasteiger partial charge in [0.15, 0.2) is 9.84 Å². The Morgan fingerprint density at radius 2 is 1.89 bits per heavy atom. The van der Waals surface area contributed by atoms with E-state index in [1.807, 2.05) is 13.8 Å². The molecule has 19 heavy (non-hydrogen) atoms. The predicted molar refractivity (Wildman–Crippen MR) is 75.6 cm³/mol. The number of nitrogens with two attached hydrogens (primary N) is 1. The minimum atomic E-state index is -3.38. The topological polar surface area (TPSA) is 89.3 Å². The number of sulfone groups is 1. The van der Waals surface area contributed by atoms with Crippen LogP contribution in [0.4, 0.5) is 5.69 Å². The van der Waals surface area contributed by atoms with Gasteiger partial charge >= 0.3 is 0 Å². The molecule has 3 N–H and O–H groups in total. The molecule has 1 unspecified atom stereocenters. The second-order valence-corrected chi connectivity index (χ2v) is 6.83. The standard InChI is InChI=1S/C13H20N2O3S/c1-9(2)10(8-14)13(16)15-11-6-4-5-7-12(11)19(3,17)18/h4-7,9-10H,8,14H2,1-3H3,(H,15,16). The highest BCUT2D eigenvalue weighted by Crippen LogP contribution is 2.22. The summed E-state index contributed by atoms with van der Waals surface area (Å²) in [6.07, 6.45) is 1.11. The van der Waals surface area contributed by atoms with Crippen LogP contribution in [-0.4, -0.2) is 27.1 Å². The Bertz CT molecular complexity index is 553. The van der Waals surface area contributed by atoms with Crippen LogP contribution in [-0.2, 0) is 14.6 Å². The van der Waals surface area contributed by atoms with E-state index in [0.29, 0.717) is 5.69 Å². The third-order valence-electron chi connectivity index (χ3n) is 2.94. The fourth-order valence-electron chi connectivity index (χ4n) is 1.80. The van der Waals surface area contributed by atoms with Gasteiger partial charge in [-0.05, 0) is 18.1 Å². The number of anilines is 1. The molecule has 1 atom stereocenters. The first-order chi connectivity index (χ1) is 8.77. The molecule has 0 saturated carbocycles. The minimum absolute atomic E-state index is 0.0930. The minimum Gasteiger partial charge on any atom is -0.330 e. The van der Waals surface area contributed by atoms with E-state index in [2.05, 4.69) is 5.32 Å². The van der Waals surface area contributed by atoms with E-state index in [4.69, 9.17) is 5.73 Å². The van der Waals surface area contributed by atoms with Gasteiger partial charge in [-0.3, -0.25) is 4.79 Å². The number of nitrogens with one attached hydrogen (secondary N) is 1. The van der Waals surface area contributed by atoms with Gasteiger partial charge in [-0.25, -0.2) is 8.42 Å². The largest absolute Gasteiger partial charge is 0.330 e. The van der Waals surface area contributed by atoms with E-state index in [1.54, 1.807) is 18.2 Å². The summed E-state index contributed by atoms with van der Waals surface area (Å²) >= 11 is 0. The molecule has 1 rings (SSSR count). The van der Waals surface area contributed by atoms with Crippen molar-refractivity contribution in [1.82, 2.24) is 0 Å². The molecule has 0 radical (unpaired) electrons. The van der Waals surface area contributed by atoms with Gasteiger partial charge < -0.3 is 11.1 Å². The van der Waals surface area contributed by atoms with Crippen molar-refractivity contribution in [2.75, 3.05) is 18.1 Å². The fraction of sp³-hybridized carbons (Fsp3) is 0.462. The van der Waals surface area contributed by atoms with E-state index < -0.39 is 9.84 Å². The number of hydrogen-bond acceptors (Lipinski definition) is 4. The van der Waals surface area contributed by atoms with Gasteiger partial charge in [0.2, 0.25) is 5.91 Å². The maximum absolute atomic E-state index is 12.1. The molecule has 0 heterocycles. The quantitative estimate of drug-likeness (QED) is 0.852. The molecule has 1 aromatic carbocycles. The predicted octanol–water partition coefficient (Wildman–Crippen LogP) is 1.26. The van der Waals surface area contributed by atoms with Gasteiger partial charge in [0.25, 0.3) is 0 Å². The van der Waals surface area contributed by atoms with Gasteiger partial charge in [0.1, 0.15) is 0 Å². The van der Waals surface area contributed by atoms with E-state index in [0.717, 1.165) is 6.26 Å². The van der Waals surface area contributed by atoms with Crippen LogP contribution in [0.2, 0.25) is 0 Å². The number of benzene rings is 1. The summed E-state index contributed by atoms with van der Waals surface area (Å²) in [6.45, 7) is 4.03. The van der Waals surface area contributed by atoms with E-state index in [9.17, 15) is 13.2 Å². The average Bonchev–Trinajstić information content (AvgIpc) is 2.28. The summed E-state index contributed by atoms with van der Waals surface area (Å²) in [4.78, 5) is 12.2. The van der Waals surface area contributed by atoms with Gasteiger partial charge in [0.05, 0.1) is 16.5 Å². The number of carbonyl (C=O) groups excluding carboxylic acids is 1. The molecule has 1 aromatic rings. The van der Waals surface area contributed by atoms with Gasteiger partial charge in [-0.1, -0.05) is 26.0 Å². The lowest BCUT2D eigenvalue weighted by Gasteiger charge is -2.19. The Labute approximate surface area is 114 Å². The Hall–Kier alpha value is -1.40. The molecule has 0 spiro atoms. The summed E-state index contributed by atoms with van der Waals surface area (Å²) < 4.78 is 23.3. The summed E-state index contributed by atoms with van der Waals surface area (Å²) in [7, 11) is -3.38. The molecule has 5 nitrogen and oxygen atoms in total. The van der Waals surface area contributed by atoms with Gasteiger partial charge in [-0.2, -0.15) is 0 Å². The van der Waals surface area contributed by atoms with Crippen LogP contribution in [0, 0.1) is 11.8 Å². The number of rotatable bonds is 5. The summed E-state index contributed by atoms with van der Waals surface area (Å²) in [5.41, 5.74) is 5.87. The third kappa shape index (κ3) is 4.04. The Kier molecular flexibility index (Phi) is 5.08. The maximum atomic E-state index is 12.1. The lowest BCUT2D eigenvalue weighted by atomic mass is 9.95. The lowest BCUT2D eigenvalue weighted by Crippen LogP contribution is -2.33. The Morgan fingerprint density at radius 3 is 2.37 bits per heavy atom. The first-order valence-corrected chi connectivity index (χ1v) is 7.96. The zero-order valence-corrected chi connectivity index (χ0v) is 12.2. The second-order valence-electron chi connectivity index (χ2n) is 4.84. The van der Waals surface area contributed by atoms with Gasteiger partial charge in [0, 0.05) is 12.8 Å². The smallest absolute Gasteiger partial charge is 0.229 e. The normalized spacial score (nSPS) is 13.3. The van der Waals surface area contributed by atoms with Crippen molar-refractivity contribution < 1.29 is 13.2 Å². The van der Waals surface area contributed by atoms with Crippen molar-refractivity contribution in [3.63, 3.8) is 0 Å². The molecule has 1 amide bonds. The summed E-state index contributed by atoms with van der Waals surface area (Å²) in [5, 5.41) is 2.65. The molecule has 0 bridgehead atoms. The van der Waals surface area contributed by atoms with Crippen molar-refractivity contribution in [3.05, 3.63) is 24.3 Å². The molecule has 0 fully saturated rings. The molecule has 0 aliphatic carbocycles. The van der Waals surface area contributed by atoms with Crippen molar-refractivity contribution >= 4 is 21.4 Å². The molecule has 6 heteroatoms. The zero-order valence-electron chi connectivity index (χ0n) is 11.4. The second kappa shape index (κ2) is 6.16. The zero-order chi connectivity index (χ0) is 14.6. The van der Waals surface area contributed by atoms with Gasteiger partial charge in [-0.15, -0.1) is 0 Å². The van der Waals surface area contributed by atoms with Crippen LogP contribution in [0.1, 0.15) is 13.8 Å². The summed E-state index contributed by atoms with van der Waals surface area (Å²) in [6, 6.07) is 6.34. The van der Waals surface area contributed by atoms with Crippen LogP contribution in [0.5, 0.6) is 0 Å². The fourth-order valence-corrected chi connectivity index (χ4v) is 2.64. The first kappa shape index (κ1) is 15.7. The SMILES string of the molecule is CC(C)C(CN)C(=O)Nc1ccccc1S(C)(=O)=O. The Balaban J connectivity index is 3.04. The number of hydrogen-bond donors (Lipinski definition) is 2. The monoisotopic (exact) mass is 284 g/mol. The molecular weight excluding hydrogens is 264 g/mol. The molecule has 0 aliphatic heterocycles. The lowest BCUT2D eigenvalue weighted by molar-refractivity contribution is -0.120. The van der Waals surface area contributed by atoms with Crippen LogP contribution in [0.3, 0.4) is 0 Å². The maximum Gasteiger partial charge on any atom is 0.229 e. The highest BCUT2D eigenvalue weighted by molar-refractivity contribution is 7.90. The van der Waals surface area contributed by atoms with Crippen LogP contribution in [0.25, 0.3) is 0 Å². The molecule has 106 valence electrons. The van der Waals surface area contributed by atoms with Crippen LogP contribution in [0.15, 0.2) is 29.2 Å². The van der Waals surface area contributed by atoms with E-state index in [1.165, 1.54) is 6.07 Å². The number of carbonyl (C=O) groups is 1. The van der Waals surface area contributed by atoms with Crippen molar-refractivity contribution in [2.45, 2.75) is 18.7 Å². The van der Waals surface area contributed by atoms with Crippen molar-refractivity contribution in [3.8, 4) is 0 Å². The molecule has 0 aromatic heterocycles. The molecular formula is C13H20N2O3S. The van der Waals surface area contributed by atoms with Crippen molar-refractivity contribution in [1.29, 1.82) is 0 Å². The number of amides is 1. The summed E-state index contributed by atoms with van der Waals surface area (Å²) in [5.74, 6) is -0.503. The van der Waals surface area contributed by atoms with E-state index in [-0.39, 0.29) is 29.2 Å². The molecule has 0 saturated heterocycles. The van der Waals surface area contributed by atoms with E-state index >= 15 is 0 Å². The highest BCUT2D eigenvalue weighted by Gasteiger charge is 2.22. The molecule has 0 aliphatic rings. The van der Waals surface area contributed by atoms with Crippen LogP contribution < -0.4 is 11.1 Å². The first-order valence-electron chi connectivity index (χ1n) is 6.07. The highest BCUT2D eigenvalue weighted by atomic mass is 32.2. The van der Waals surface area contributed by atoms with Crippen LogP contribution >= 0.6 is 0 Å². The Morgan fingerprint density at radius 1 is 1.32 bits per heavy atom.